The minimum atomic E-state index is -0.160. The van der Waals surface area contributed by atoms with Gasteiger partial charge in [-0.05, 0) is 51.5 Å². The molecule has 0 aromatic carbocycles. The van der Waals surface area contributed by atoms with Crippen LogP contribution in [0.1, 0.15) is 39.0 Å². The Morgan fingerprint density at radius 2 is 2.15 bits per heavy atom. The highest BCUT2D eigenvalue weighted by Gasteiger charge is 2.23. The van der Waals surface area contributed by atoms with Gasteiger partial charge in [0.15, 0.2) is 0 Å². The van der Waals surface area contributed by atoms with E-state index < -0.39 is 0 Å². The molecule has 5 heteroatoms. The summed E-state index contributed by atoms with van der Waals surface area (Å²) in [5.41, 5.74) is 0. The highest BCUT2D eigenvalue weighted by molar-refractivity contribution is 5.67. The van der Waals surface area contributed by atoms with Gasteiger partial charge in [0.05, 0.1) is 6.61 Å². The minimum Gasteiger partial charge on any atom is -0.450 e. The molecule has 0 unspecified atom stereocenters. The molecular weight excluding hydrogens is 256 g/mol. The van der Waals surface area contributed by atoms with Crippen LogP contribution in [-0.2, 0) is 9.47 Å². The van der Waals surface area contributed by atoms with Crippen molar-refractivity contribution in [2.24, 2.45) is 5.92 Å². The van der Waals surface area contributed by atoms with Crippen molar-refractivity contribution in [2.45, 2.75) is 45.1 Å². The second-order valence-electron chi connectivity index (χ2n) is 5.79. The Balaban J connectivity index is 1.52. The second kappa shape index (κ2) is 8.47. The Hall–Kier alpha value is -0.810. The molecule has 0 bridgehead atoms. The lowest BCUT2D eigenvalue weighted by Gasteiger charge is -2.31. The quantitative estimate of drug-likeness (QED) is 0.758. The fraction of sp³-hybridized carbons (Fsp3) is 0.933. The maximum atomic E-state index is 11.6. The summed E-state index contributed by atoms with van der Waals surface area (Å²) in [5.74, 6) is 0.780. The number of ether oxygens (including phenoxy) is 2. The number of rotatable bonds is 6. The van der Waals surface area contributed by atoms with Crippen molar-refractivity contribution in [3.63, 3.8) is 0 Å². The number of amides is 1. The number of carbonyl (C=O) groups is 1. The van der Waals surface area contributed by atoms with Gasteiger partial charge in [-0.2, -0.15) is 0 Å². The van der Waals surface area contributed by atoms with Crippen LogP contribution in [0.5, 0.6) is 0 Å². The number of nitrogens with one attached hydrogen (secondary N) is 1. The molecule has 0 spiro atoms. The van der Waals surface area contributed by atoms with Crippen LogP contribution >= 0.6 is 0 Å². The topological polar surface area (TPSA) is 50.8 Å². The van der Waals surface area contributed by atoms with Crippen molar-refractivity contribution >= 4 is 6.09 Å². The molecule has 2 aliphatic rings. The van der Waals surface area contributed by atoms with Crippen LogP contribution in [0.25, 0.3) is 0 Å². The van der Waals surface area contributed by atoms with Crippen LogP contribution in [0.15, 0.2) is 0 Å². The molecule has 2 saturated heterocycles. The Morgan fingerprint density at radius 3 is 2.80 bits per heavy atom. The number of piperidine rings is 1. The van der Waals surface area contributed by atoms with Crippen molar-refractivity contribution in [2.75, 3.05) is 39.5 Å². The first-order valence-corrected chi connectivity index (χ1v) is 8.02. The van der Waals surface area contributed by atoms with Gasteiger partial charge in [0.1, 0.15) is 0 Å². The molecule has 2 heterocycles. The molecule has 0 aromatic rings. The van der Waals surface area contributed by atoms with E-state index in [1.54, 1.807) is 0 Å². The van der Waals surface area contributed by atoms with Gasteiger partial charge in [0.2, 0.25) is 0 Å². The van der Waals surface area contributed by atoms with Crippen LogP contribution < -0.4 is 5.32 Å². The summed E-state index contributed by atoms with van der Waals surface area (Å²) in [5, 5.41) is 3.62. The van der Waals surface area contributed by atoms with Crippen molar-refractivity contribution in [3.05, 3.63) is 0 Å². The Bertz CT molecular complexity index is 285. The van der Waals surface area contributed by atoms with Crippen LogP contribution in [0.3, 0.4) is 0 Å². The maximum absolute atomic E-state index is 11.6. The van der Waals surface area contributed by atoms with E-state index >= 15 is 0 Å². The lowest BCUT2D eigenvalue weighted by Crippen LogP contribution is -2.45. The molecular formula is C15H28N2O3. The van der Waals surface area contributed by atoms with Crippen LogP contribution in [0.2, 0.25) is 0 Å². The lowest BCUT2D eigenvalue weighted by atomic mass is 10.0. The first-order chi connectivity index (χ1) is 9.79. The molecule has 0 aliphatic carbocycles. The third kappa shape index (κ3) is 4.94. The summed E-state index contributed by atoms with van der Waals surface area (Å²) < 4.78 is 10.4. The fourth-order valence-electron chi connectivity index (χ4n) is 2.99. The Morgan fingerprint density at radius 1 is 1.35 bits per heavy atom. The van der Waals surface area contributed by atoms with Crippen LogP contribution in [0, 0.1) is 5.92 Å². The number of nitrogens with zero attached hydrogens (tertiary/aromatic N) is 1. The summed E-state index contributed by atoms with van der Waals surface area (Å²) in [6.45, 7) is 6.92. The van der Waals surface area contributed by atoms with Gasteiger partial charge in [0, 0.05) is 32.3 Å². The predicted octanol–water partition coefficient (Wildman–Crippen LogP) is 2.01. The minimum absolute atomic E-state index is 0.160. The lowest BCUT2D eigenvalue weighted by molar-refractivity contribution is 0.0951. The van der Waals surface area contributed by atoms with Gasteiger partial charge in [0.25, 0.3) is 0 Å². The average Bonchev–Trinajstić information content (AvgIpc) is 2.98. The zero-order valence-electron chi connectivity index (χ0n) is 12.6. The molecule has 1 amide bonds. The zero-order chi connectivity index (χ0) is 14.2. The first-order valence-electron chi connectivity index (χ1n) is 8.02. The molecule has 116 valence electrons. The van der Waals surface area contributed by atoms with Gasteiger partial charge < -0.3 is 19.7 Å². The van der Waals surface area contributed by atoms with Crippen molar-refractivity contribution in [1.29, 1.82) is 0 Å². The van der Waals surface area contributed by atoms with E-state index in [0.29, 0.717) is 12.6 Å². The highest BCUT2D eigenvalue weighted by Crippen LogP contribution is 2.18. The number of hydrogen-bond donors (Lipinski definition) is 1. The van der Waals surface area contributed by atoms with Crippen LogP contribution in [-0.4, -0.2) is 56.5 Å². The van der Waals surface area contributed by atoms with E-state index in [4.69, 9.17) is 9.47 Å². The Kier molecular flexibility index (Phi) is 6.60. The van der Waals surface area contributed by atoms with Crippen molar-refractivity contribution in [1.82, 2.24) is 10.2 Å². The second-order valence-corrected chi connectivity index (χ2v) is 5.79. The molecule has 0 aromatic heterocycles. The third-order valence-corrected chi connectivity index (χ3v) is 4.27. The third-order valence-electron chi connectivity index (χ3n) is 4.27. The van der Waals surface area contributed by atoms with E-state index in [1.807, 2.05) is 11.8 Å². The standard InChI is InChI=1S/C15H28N2O3/c1-2-20-15(18)17-9-5-14(6-10-17)16-8-3-4-13-7-11-19-12-13/h13-14,16H,2-12H2,1H3/t13-/m1/s1. The van der Waals surface area contributed by atoms with Gasteiger partial charge in [-0.25, -0.2) is 4.79 Å². The highest BCUT2D eigenvalue weighted by atomic mass is 16.6. The average molecular weight is 284 g/mol. The van der Waals surface area contributed by atoms with E-state index in [0.717, 1.165) is 51.6 Å². The number of hydrogen-bond acceptors (Lipinski definition) is 4. The summed E-state index contributed by atoms with van der Waals surface area (Å²) in [6.07, 6.45) is 5.64. The van der Waals surface area contributed by atoms with E-state index in [-0.39, 0.29) is 6.09 Å². The molecule has 2 fully saturated rings. The molecule has 1 N–H and O–H groups in total. The molecule has 5 nitrogen and oxygen atoms in total. The summed E-state index contributed by atoms with van der Waals surface area (Å²) in [7, 11) is 0. The molecule has 20 heavy (non-hydrogen) atoms. The SMILES string of the molecule is CCOC(=O)N1CCC(NCCC[C@@H]2CCOC2)CC1. The van der Waals surface area contributed by atoms with E-state index in [1.165, 1.54) is 19.3 Å². The fourth-order valence-corrected chi connectivity index (χ4v) is 2.99. The van der Waals surface area contributed by atoms with Gasteiger partial charge in [-0.1, -0.05) is 0 Å². The van der Waals surface area contributed by atoms with Gasteiger partial charge in [-0.15, -0.1) is 0 Å². The number of carbonyl (C=O) groups excluding carboxylic acids is 1. The number of likely N-dealkylation sites (tertiary alicyclic amines) is 1. The summed E-state index contributed by atoms with van der Waals surface area (Å²) in [6, 6.07) is 0.556. The normalized spacial score (nSPS) is 24.1. The van der Waals surface area contributed by atoms with Crippen LogP contribution in [0.4, 0.5) is 4.79 Å². The zero-order valence-corrected chi connectivity index (χ0v) is 12.6. The van der Waals surface area contributed by atoms with E-state index in [9.17, 15) is 4.79 Å². The molecule has 0 radical (unpaired) electrons. The van der Waals surface area contributed by atoms with Gasteiger partial charge >= 0.3 is 6.09 Å². The smallest absolute Gasteiger partial charge is 0.409 e. The molecule has 0 saturated carbocycles. The van der Waals surface area contributed by atoms with Crippen molar-refractivity contribution < 1.29 is 14.3 Å². The Labute approximate surface area is 122 Å². The van der Waals surface area contributed by atoms with Crippen molar-refractivity contribution in [3.8, 4) is 0 Å². The maximum Gasteiger partial charge on any atom is 0.409 e. The van der Waals surface area contributed by atoms with E-state index in [2.05, 4.69) is 5.32 Å². The molecule has 2 rings (SSSR count). The predicted molar refractivity (Wildman–Crippen MR) is 77.8 cm³/mol. The molecule has 1 atom stereocenters. The largest absolute Gasteiger partial charge is 0.450 e. The van der Waals surface area contributed by atoms with Gasteiger partial charge in [-0.3, -0.25) is 0 Å². The summed E-state index contributed by atoms with van der Waals surface area (Å²) >= 11 is 0. The monoisotopic (exact) mass is 284 g/mol. The summed E-state index contributed by atoms with van der Waals surface area (Å²) in [4.78, 5) is 13.4. The first kappa shape index (κ1) is 15.6. The molecule has 2 aliphatic heterocycles.